The van der Waals surface area contributed by atoms with Gasteiger partial charge in [0.1, 0.15) is 0 Å². The van der Waals surface area contributed by atoms with Crippen LogP contribution in [0.25, 0.3) is 82.5 Å². The fourth-order valence-corrected chi connectivity index (χ4v) is 16.3. The van der Waals surface area contributed by atoms with Gasteiger partial charge in [0.2, 0.25) is 0 Å². The summed E-state index contributed by atoms with van der Waals surface area (Å²) in [6.45, 7) is 15.5. The molecule has 0 amide bonds. The van der Waals surface area contributed by atoms with Crippen LogP contribution in [0.3, 0.4) is 0 Å². The Morgan fingerprint density at radius 1 is 0.466 bits per heavy atom. The highest BCUT2D eigenvalue weighted by Gasteiger charge is 2.70. The molecule has 7 heterocycles. The van der Waals surface area contributed by atoms with E-state index in [0.717, 1.165) is 34.0 Å². The van der Waals surface area contributed by atoms with Crippen LogP contribution in [-0.4, -0.2) is 38.0 Å². The summed E-state index contributed by atoms with van der Waals surface area (Å²) in [4.78, 5) is 12.0. The Kier molecular flexibility index (Phi) is 8.20. The van der Waals surface area contributed by atoms with Crippen LogP contribution >= 0.6 is 0 Å². The Morgan fingerprint density at radius 2 is 0.918 bits per heavy atom. The molecule has 6 atom stereocenters. The van der Waals surface area contributed by atoms with Gasteiger partial charge in [-0.15, -0.1) is 0 Å². The number of rotatable bonds is 4. The largest absolute Gasteiger partial charge is 0.308 e. The Labute approximate surface area is 426 Å². The monoisotopic (exact) mass is 941 g/mol. The van der Waals surface area contributed by atoms with E-state index in [4.69, 9.17) is 9.98 Å². The number of amidine groups is 1. The topological polar surface area (TPSA) is 39.5 Å². The maximum atomic E-state index is 6.04. The van der Waals surface area contributed by atoms with Gasteiger partial charge in [0.05, 0.1) is 39.1 Å². The smallest absolute Gasteiger partial charge is 0.169 e. The van der Waals surface area contributed by atoms with Gasteiger partial charge in [0, 0.05) is 77.3 Å². The molecule has 0 radical (unpaired) electrons. The Bertz CT molecular complexity index is 4200. The minimum absolute atomic E-state index is 0.00258. The van der Waals surface area contributed by atoms with Crippen LogP contribution in [0, 0.1) is 28.1 Å². The molecule has 0 N–H and O–H groups in total. The fraction of sp³-hybridized carbons (Fsp3) is 0.224. The zero-order valence-corrected chi connectivity index (χ0v) is 42.3. The minimum Gasteiger partial charge on any atom is -0.308 e. The predicted molar refractivity (Wildman–Crippen MR) is 307 cm³/mol. The van der Waals surface area contributed by atoms with Crippen molar-refractivity contribution in [3.63, 3.8) is 0 Å². The average Bonchev–Trinajstić information content (AvgIpc) is 4.07. The van der Waals surface area contributed by atoms with Gasteiger partial charge in [-0.2, -0.15) is 0 Å². The van der Waals surface area contributed by atoms with Crippen molar-refractivity contribution in [2.75, 3.05) is 0 Å². The Morgan fingerprint density at radius 3 is 1.45 bits per heavy atom. The van der Waals surface area contributed by atoms with Gasteiger partial charge in [-0.25, -0.2) is 4.99 Å². The second-order valence-corrected chi connectivity index (χ2v) is 23.7. The van der Waals surface area contributed by atoms with Crippen molar-refractivity contribution in [3.8, 4) is 17.1 Å². The van der Waals surface area contributed by atoms with Crippen molar-refractivity contribution in [1.29, 1.82) is 0 Å². The highest BCUT2D eigenvalue weighted by molar-refractivity contribution is 6.72. The maximum absolute atomic E-state index is 6.04. The van der Waals surface area contributed by atoms with Gasteiger partial charge < -0.3 is 13.7 Å². The number of benzene rings is 7. The molecule has 16 rings (SSSR count). The van der Waals surface area contributed by atoms with E-state index in [2.05, 4.69) is 249 Å². The number of para-hydroxylation sites is 5. The van der Waals surface area contributed by atoms with E-state index in [1.807, 2.05) is 0 Å². The SMILES string of the molecule is CC1(C)C2=CC=CC3C2B2C4C1=CC=CC4C(C)(C)C1N=C(c4ccc5c(c4)c4c6c(c7ccccc7n6-c6ccccc6)c6c(c7ccccc7n6-c6ccccc6)c4n5-c4ccccc4)N=C(C21)C3(C)C. The number of hydrogen-bond donors (Lipinski definition) is 0. The number of aromatic nitrogens is 3. The lowest BCUT2D eigenvalue weighted by atomic mass is 9.11. The van der Waals surface area contributed by atoms with Crippen LogP contribution in [0.5, 0.6) is 0 Å². The molecule has 5 nitrogen and oxygen atoms in total. The molecule has 73 heavy (non-hydrogen) atoms. The Hall–Kier alpha value is -7.70. The lowest BCUT2D eigenvalue weighted by molar-refractivity contribution is 0.157. The first kappa shape index (κ1) is 41.9. The van der Waals surface area contributed by atoms with E-state index < -0.39 is 0 Å². The quantitative estimate of drug-likeness (QED) is 0.158. The molecule has 6 unspecified atom stereocenters. The summed E-state index contributed by atoms with van der Waals surface area (Å²) in [5, 5.41) is 7.36. The van der Waals surface area contributed by atoms with Crippen molar-refractivity contribution < 1.29 is 0 Å². The molecule has 352 valence electrons. The molecule has 0 spiro atoms. The van der Waals surface area contributed by atoms with Crippen LogP contribution in [0.1, 0.15) is 47.1 Å². The van der Waals surface area contributed by atoms with Crippen LogP contribution in [0.2, 0.25) is 17.5 Å². The molecule has 7 aromatic carbocycles. The summed E-state index contributed by atoms with van der Waals surface area (Å²) in [6, 6.07) is 58.3. The minimum atomic E-state index is -0.166. The zero-order valence-electron chi connectivity index (χ0n) is 42.3. The molecule has 10 aromatic rings. The molecular formula is C67H56BN5. The lowest BCUT2D eigenvalue weighted by Crippen LogP contribution is -2.68. The summed E-state index contributed by atoms with van der Waals surface area (Å²) in [6.07, 6.45) is 14.8. The first-order valence-corrected chi connectivity index (χ1v) is 26.6. The van der Waals surface area contributed by atoms with E-state index in [9.17, 15) is 0 Å². The Balaban J connectivity index is 1.05. The van der Waals surface area contributed by atoms with E-state index in [-0.39, 0.29) is 28.1 Å². The van der Waals surface area contributed by atoms with Gasteiger partial charge in [-0.05, 0) is 95.6 Å². The first-order chi connectivity index (χ1) is 35.5. The molecule has 6 heteroatoms. The van der Waals surface area contributed by atoms with Gasteiger partial charge >= 0.3 is 0 Å². The first-order valence-electron chi connectivity index (χ1n) is 26.6. The van der Waals surface area contributed by atoms with E-state index in [0.29, 0.717) is 30.2 Å². The highest BCUT2D eigenvalue weighted by atomic mass is 15.1. The summed E-state index contributed by atoms with van der Waals surface area (Å²) in [5.41, 5.74) is 15.9. The van der Waals surface area contributed by atoms with Crippen LogP contribution < -0.4 is 0 Å². The number of hydrogen-bond acceptors (Lipinski definition) is 2. The van der Waals surface area contributed by atoms with Crippen molar-refractivity contribution in [1.82, 2.24) is 13.7 Å². The average molecular weight is 942 g/mol. The van der Waals surface area contributed by atoms with Crippen LogP contribution in [0.15, 0.2) is 215 Å². The van der Waals surface area contributed by atoms with Crippen molar-refractivity contribution >= 4 is 83.7 Å². The second-order valence-electron chi connectivity index (χ2n) is 23.7. The van der Waals surface area contributed by atoms with Crippen molar-refractivity contribution in [2.45, 2.75) is 65.0 Å². The predicted octanol–water partition coefficient (Wildman–Crippen LogP) is 16.5. The van der Waals surface area contributed by atoms with Gasteiger partial charge in [-0.1, -0.05) is 180 Å². The molecule has 3 fully saturated rings. The summed E-state index contributed by atoms with van der Waals surface area (Å²) < 4.78 is 7.62. The molecule has 0 bridgehead atoms. The van der Waals surface area contributed by atoms with Gasteiger partial charge in [-0.3, -0.25) is 4.99 Å². The fourth-order valence-electron chi connectivity index (χ4n) is 16.3. The van der Waals surface area contributed by atoms with Crippen molar-refractivity contribution in [3.05, 3.63) is 211 Å². The van der Waals surface area contributed by atoms with Crippen LogP contribution in [0.4, 0.5) is 0 Å². The molecule has 6 aliphatic rings. The number of nitrogens with zero attached hydrogens (tertiary/aromatic N) is 5. The molecule has 0 saturated carbocycles. The van der Waals surface area contributed by atoms with Crippen LogP contribution in [-0.2, 0) is 0 Å². The standard InChI is InChI=1S/C67H56BN5/c1-65(2)46-30-20-32-48-56(46)68-57-47(65)31-21-33-49(57)67(5,6)63-58(68)62(66(48,3)4)69-64(70-63)39-36-37-52-45(38-39)55-60-53(44-29-17-19-35-51(44)72(60)41-24-12-8-13-25-41)59-54(61(55)73(52)42-26-14-9-15-27-42)43-28-16-18-34-50(43)71(59)40-22-10-7-11-23-40/h7-38,48-49,56-58,62H,1-6H3. The number of allylic oxidation sites excluding steroid dienone is 8. The second kappa shape index (κ2) is 14.3. The third-order valence-electron chi connectivity index (χ3n) is 19.4. The molecule has 3 saturated heterocycles. The third-order valence-corrected chi connectivity index (χ3v) is 19.4. The van der Waals surface area contributed by atoms with Gasteiger partial charge in [0.15, 0.2) is 12.5 Å². The normalized spacial score (nSPS) is 24.8. The lowest BCUT2D eigenvalue weighted by Gasteiger charge is -2.68. The number of aliphatic imine (C=N–C) groups is 2. The maximum Gasteiger partial charge on any atom is 0.169 e. The van der Waals surface area contributed by atoms with E-state index in [1.165, 1.54) is 65.6 Å². The summed E-state index contributed by atoms with van der Waals surface area (Å²) in [5.74, 6) is 2.82. The molecular weight excluding hydrogens is 886 g/mol. The zero-order chi connectivity index (χ0) is 48.9. The molecule has 2 aliphatic carbocycles. The third kappa shape index (κ3) is 5.19. The summed E-state index contributed by atoms with van der Waals surface area (Å²) in [7, 11) is 0. The van der Waals surface area contributed by atoms with E-state index >= 15 is 0 Å². The van der Waals surface area contributed by atoms with E-state index in [1.54, 1.807) is 11.1 Å². The molecule has 4 aliphatic heterocycles. The highest BCUT2D eigenvalue weighted by Crippen LogP contribution is 2.73. The van der Waals surface area contributed by atoms with Gasteiger partial charge in [0.25, 0.3) is 0 Å². The molecule has 3 aromatic heterocycles. The number of fused-ring (bicyclic) bond motifs is 12. The summed E-state index contributed by atoms with van der Waals surface area (Å²) >= 11 is 0. The van der Waals surface area contributed by atoms with Crippen molar-refractivity contribution in [2.24, 2.45) is 38.1 Å².